The van der Waals surface area contributed by atoms with E-state index >= 15 is 0 Å². The normalized spacial score (nSPS) is 10.7. The second-order valence-corrected chi connectivity index (χ2v) is 3.39. The van der Waals surface area contributed by atoms with Crippen LogP contribution in [0.3, 0.4) is 0 Å². The van der Waals surface area contributed by atoms with Gasteiger partial charge in [0.25, 0.3) is 0 Å². The summed E-state index contributed by atoms with van der Waals surface area (Å²) < 4.78 is 0. The van der Waals surface area contributed by atoms with Crippen molar-refractivity contribution in [2.75, 3.05) is 0 Å². The molecule has 2 aromatic carbocycles. The van der Waals surface area contributed by atoms with E-state index in [0.29, 0.717) is 11.1 Å². The van der Waals surface area contributed by atoms with E-state index < -0.39 is 11.5 Å². The van der Waals surface area contributed by atoms with E-state index in [4.69, 9.17) is 0 Å². The average molecular weight is 288 g/mol. The quantitative estimate of drug-likeness (QED) is 0.316. The molecular weight excluding hydrogens is 278 g/mol. The number of benzene rings is 2. The SMILES string of the molecule is [K+].[K+].[O-]/C(=C(\[O-])c1ccccc1)c1ccccc1. The minimum Gasteiger partial charge on any atom is -0.872 e. The van der Waals surface area contributed by atoms with Gasteiger partial charge in [-0.2, -0.15) is 0 Å². The standard InChI is InChI=1S/C14H12O2.2K/c15-13(11-7-3-1-4-8-11)14(16)12-9-5-2-6-10-12;;/h1-10,15-16H;;/q;2*+1/p-2/b14-13-;;. The van der Waals surface area contributed by atoms with Crippen molar-refractivity contribution in [3.63, 3.8) is 0 Å². The van der Waals surface area contributed by atoms with Crippen LogP contribution in [0.5, 0.6) is 0 Å². The minimum absolute atomic E-state index is 0. The van der Waals surface area contributed by atoms with Crippen LogP contribution in [-0.2, 0) is 0 Å². The van der Waals surface area contributed by atoms with Crippen LogP contribution in [0.15, 0.2) is 60.7 Å². The van der Waals surface area contributed by atoms with Gasteiger partial charge in [-0.1, -0.05) is 60.7 Å². The second kappa shape index (κ2) is 9.88. The molecular formula is C14H10K2O2. The first-order valence-corrected chi connectivity index (χ1v) is 4.98. The van der Waals surface area contributed by atoms with Gasteiger partial charge in [0.05, 0.1) is 0 Å². The van der Waals surface area contributed by atoms with Crippen LogP contribution in [0.2, 0.25) is 0 Å². The van der Waals surface area contributed by atoms with Gasteiger partial charge in [-0.15, -0.1) is 11.5 Å². The Morgan fingerprint density at radius 3 is 1.11 bits per heavy atom. The fourth-order valence-electron chi connectivity index (χ4n) is 1.44. The predicted molar refractivity (Wildman–Crippen MR) is 59.7 cm³/mol. The Labute approximate surface area is 192 Å². The van der Waals surface area contributed by atoms with E-state index in [2.05, 4.69) is 0 Å². The summed E-state index contributed by atoms with van der Waals surface area (Å²) in [6, 6.07) is 17.2. The Bertz CT molecular complexity index is 448. The van der Waals surface area contributed by atoms with E-state index in [0.717, 1.165) is 0 Å². The van der Waals surface area contributed by atoms with Crippen LogP contribution in [0.25, 0.3) is 11.5 Å². The summed E-state index contributed by atoms with van der Waals surface area (Å²) in [4.78, 5) is 0. The van der Waals surface area contributed by atoms with Crippen LogP contribution >= 0.6 is 0 Å². The fourth-order valence-corrected chi connectivity index (χ4v) is 1.44. The Hall–Kier alpha value is 1.05. The maximum Gasteiger partial charge on any atom is 1.00 e. The van der Waals surface area contributed by atoms with Gasteiger partial charge in [-0.25, -0.2) is 0 Å². The zero-order valence-corrected chi connectivity index (χ0v) is 16.8. The number of hydrogen-bond acceptors (Lipinski definition) is 2. The Morgan fingerprint density at radius 1 is 0.556 bits per heavy atom. The zero-order chi connectivity index (χ0) is 11.4. The molecule has 0 N–H and O–H groups in total. The molecule has 0 aliphatic heterocycles. The predicted octanol–water partition coefficient (Wildman–Crippen LogP) is -4.76. The van der Waals surface area contributed by atoms with Gasteiger partial charge in [-0.3, -0.25) is 0 Å². The third-order valence-corrected chi connectivity index (χ3v) is 2.28. The molecule has 0 saturated heterocycles. The monoisotopic (exact) mass is 288 g/mol. The summed E-state index contributed by atoms with van der Waals surface area (Å²) in [6.07, 6.45) is 0. The molecule has 0 atom stereocenters. The molecule has 0 bridgehead atoms. The molecule has 0 aromatic heterocycles. The van der Waals surface area contributed by atoms with Crippen molar-refractivity contribution in [1.29, 1.82) is 0 Å². The molecule has 4 heteroatoms. The average Bonchev–Trinajstić information content (AvgIpc) is 2.39. The summed E-state index contributed by atoms with van der Waals surface area (Å²) in [5.74, 6) is -0.932. The topological polar surface area (TPSA) is 46.1 Å². The molecule has 0 radical (unpaired) electrons. The van der Waals surface area contributed by atoms with E-state index in [1.807, 2.05) is 12.1 Å². The molecule has 0 aliphatic rings. The maximum absolute atomic E-state index is 11.8. The first-order valence-electron chi connectivity index (χ1n) is 4.98. The van der Waals surface area contributed by atoms with Crippen LogP contribution in [0.4, 0.5) is 0 Å². The van der Waals surface area contributed by atoms with E-state index in [-0.39, 0.29) is 103 Å². The van der Waals surface area contributed by atoms with E-state index in [9.17, 15) is 10.2 Å². The molecule has 0 heterocycles. The van der Waals surface area contributed by atoms with Crippen LogP contribution in [-0.4, -0.2) is 0 Å². The molecule has 0 spiro atoms. The molecule has 80 valence electrons. The van der Waals surface area contributed by atoms with Gasteiger partial charge >= 0.3 is 103 Å². The van der Waals surface area contributed by atoms with Gasteiger partial charge in [0.15, 0.2) is 0 Å². The number of rotatable bonds is 2. The molecule has 2 aromatic rings. The third-order valence-electron chi connectivity index (χ3n) is 2.28. The van der Waals surface area contributed by atoms with Gasteiger partial charge in [0, 0.05) is 0 Å². The smallest absolute Gasteiger partial charge is 0.872 e. The summed E-state index contributed by atoms with van der Waals surface area (Å²) in [7, 11) is 0. The zero-order valence-electron chi connectivity index (χ0n) is 10.6. The van der Waals surface area contributed by atoms with E-state index in [1.54, 1.807) is 48.5 Å². The largest absolute Gasteiger partial charge is 1.00 e. The van der Waals surface area contributed by atoms with Crippen molar-refractivity contribution in [1.82, 2.24) is 0 Å². The third kappa shape index (κ3) is 5.21. The molecule has 0 aliphatic carbocycles. The van der Waals surface area contributed by atoms with Crippen LogP contribution in [0, 0.1) is 0 Å². The molecule has 0 unspecified atom stereocenters. The van der Waals surface area contributed by atoms with Crippen molar-refractivity contribution >= 4 is 11.5 Å². The summed E-state index contributed by atoms with van der Waals surface area (Å²) in [5.41, 5.74) is 0.854. The molecule has 18 heavy (non-hydrogen) atoms. The summed E-state index contributed by atoms with van der Waals surface area (Å²) in [5, 5.41) is 23.6. The Balaban J connectivity index is 0.00000144. The number of hydrogen-bond donors (Lipinski definition) is 0. The first-order chi connectivity index (χ1) is 7.79. The van der Waals surface area contributed by atoms with Crippen LogP contribution < -0.4 is 113 Å². The summed E-state index contributed by atoms with van der Waals surface area (Å²) in [6.45, 7) is 0. The maximum atomic E-state index is 11.8. The van der Waals surface area contributed by atoms with E-state index in [1.165, 1.54) is 0 Å². The van der Waals surface area contributed by atoms with Crippen molar-refractivity contribution < 1.29 is 113 Å². The van der Waals surface area contributed by atoms with Crippen LogP contribution in [0.1, 0.15) is 11.1 Å². The van der Waals surface area contributed by atoms with Gasteiger partial charge in [0.2, 0.25) is 0 Å². The van der Waals surface area contributed by atoms with Crippen molar-refractivity contribution in [3.05, 3.63) is 71.8 Å². The fraction of sp³-hybridized carbons (Fsp3) is 0. The van der Waals surface area contributed by atoms with Crippen molar-refractivity contribution in [2.24, 2.45) is 0 Å². The molecule has 0 amide bonds. The molecule has 2 rings (SSSR count). The van der Waals surface area contributed by atoms with Gasteiger partial charge < -0.3 is 10.2 Å². The Kier molecular flexibility index (Phi) is 10.5. The van der Waals surface area contributed by atoms with Crippen molar-refractivity contribution in [3.8, 4) is 0 Å². The van der Waals surface area contributed by atoms with Crippen molar-refractivity contribution in [2.45, 2.75) is 0 Å². The minimum atomic E-state index is -0.466. The molecule has 0 saturated carbocycles. The summed E-state index contributed by atoms with van der Waals surface area (Å²) >= 11 is 0. The molecule has 2 nitrogen and oxygen atoms in total. The van der Waals surface area contributed by atoms with Gasteiger partial charge in [0.1, 0.15) is 0 Å². The first kappa shape index (κ1) is 19.1. The molecule has 0 fully saturated rings. The Morgan fingerprint density at radius 2 is 0.833 bits per heavy atom. The second-order valence-electron chi connectivity index (χ2n) is 3.39. The van der Waals surface area contributed by atoms with Gasteiger partial charge in [-0.05, 0) is 11.1 Å².